The average molecular weight is 331 g/mol. The maximum Gasteiger partial charge on any atom is 0.0511 e. The van der Waals surface area contributed by atoms with E-state index in [-0.39, 0.29) is 0 Å². The van der Waals surface area contributed by atoms with Crippen molar-refractivity contribution >= 4 is 27.3 Å². The molecule has 20 heavy (non-hydrogen) atoms. The summed E-state index contributed by atoms with van der Waals surface area (Å²) in [5.41, 5.74) is 10.6. The summed E-state index contributed by atoms with van der Waals surface area (Å²) >= 11 is 3.68. The van der Waals surface area contributed by atoms with Crippen LogP contribution in [0.5, 0.6) is 0 Å². The highest BCUT2D eigenvalue weighted by atomic mass is 79.9. The van der Waals surface area contributed by atoms with E-state index in [0.717, 1.165) is 18.8 Å². The zero-order valence-corrected chi connectivity index (χ0v) is 13.2. The van der Waals surface area contributed by atoms with Gasteiger partial charge in [-0.3, -0.25) is 0 Å². The number of benzene rings is 2. The van der Waals surface area contributed by atoms with E-state index in [1.807, 2.05) is 12.1 Å². The van der Waals surface area contributed by atoms with Gasteiger partial charge in [0.05, 0.1) is 5.69 Å². The van der Waals surface area contributed by atoms with Crippen LogP contribution in [0.2, 0.25) is 0 Å². The van der Waals surface area contributed by atoms with Gasteiger partial charge < -0.3 is 10.6 Å². The molecule has 3 heteroatoms. The molecule has 2 N–H and O–H groups in total. The van der Waals surface area contributed by atoms with E-state index in [1.165, 1.54) is 27.7 Å². The molecule has 0 amide bonds. The first-order valence-electron chi connectivity index (χ1n) is 7.00. The van der Waals surface area contributed by atoms with Crippen molar-refractivity contribution < 1.29 is 0 Å². The largest absolute Gasteiger partial charge is 0.399 e. The Morgan fingerprint density at radius 2 is 1.90 bits per heavy atom. The molecule has 1 aliphatic heterocycles. The molecule has 0 radical (unpaired) electrons. The normalized spacial score (nSPS) is 18.5. The first-order chi connectivity index (χ1) is 9.63. The Labute approximate surface area is 128 Å². The minimum Gasteiger partial charge on any atom is -0.399 e. The molecule has 2 nitrogen and oxygen atoms in total. The molecule has 104 valence electrons. The van der Waals surface area contributed by atoms with Crippen LogP contribution >= 0.6 is 15.9 Å². The lowest BCUT2D eigenvalue weighted by molar-refractivity contribution is 0.775. The summed E-state index contributed by atoms with van der Waals surface area (Å²) in [5, 5.41) is 0. The molecule has 1 fully saturated rings. The van der Waals surface area contributed by atoms with Gasteiger partial charge in [-0.15, -0.1) is 0 Å². The average Bonchev–Trinajstić information content (AvgIpc) is 2.89. The van der Waals surface area contributed by atoms with Gasteiger partial charge in [-0.25, -0.2) is 0 Å². The van der Waals surface area contributed by atoms with E-state index in [9.17, 15) is 0 Å². The second kappa shape index (κ2) is 5.49. The molecule has 1 heterocycles. The Bertz CT molecular complexity index is 607. The molecule has 0 bridgehead atoms. The van der Waals surface area contributed by atoms with Crippen molar-refractivity contribution in [3.8, 4) is 0 Å². The molecule has 0 spiro atoms. The molecule has 0 aliphatic carbocycles. The van der Waals surface area contributed by atoms with Crippen LogP contribution in [0, 0.1) is 6.92 Å². The number of nitrogen functional groups attached to an aromatic ring is 1. The second-order valence-electron chi connectivity index (χ2n) is 5.55. The maximum absolute atomic E-state index is 5.76. The Morgan fingerprint density at radius 1 is 1.15 bits per heavy atom. The Balaban J connectivity index is 1.78. The van der Waals surface area contributed by atoms with Crippen molar-refractivity contribution in [3.05, 3.63) is 58.1 Å². The molecule has 2 aromatic carbocycles. The summed E-state index contributed by atoms with van der Waals surface area (Å²) < 4.78 is 1.19. The van der Waals surface area contributed by atoms with Crippen molar-refractivity contribution in [3.63, 3.8) is 0 Å². The zero-order chi connectivity index (χ0) is 14.1. The van der Waals surface area contributed by atoms with Gasteiger partial charge in [0.15, 0.2) is 0 Å². The predicted molar refractivity (Wildman–Crippen MR) is 89.3 cm³/mol. The van der Waals surface area contributed by atoms with Crippen molar-refractivity contribution in [1.29, 1.82) is 0 Å². The van der Waals surface area contributed by atoms with Crippen LogP contribution in [0.25, 0.3) is 0 Å². The number of rotatable bonds is 2. The lowest BCUT2D eigenvalue weighted by Gasteiger charge is -2.20. The minimum absolute atomic E-state index is 0.601. The van der Waals surface area contributed by atoms with E-state index < -0.39 is 0 Å². The van der Waals surface area contributed by atoms with Gasteiger partial charge >= 0.3 is 0 Å². The van der Waals surface area contributed by atoms with Gasteiger partial charge in [0.1, 0.15) is 0 Å². The standard InChI is InChI=1S/C17H19BrN2/c1-12-2-7-17(16(18)10-12)20-9-8-14(11-20)13-3-5-15(19)6-4-13/h2-7,10,14H,8-9,11,19H2,1H3. The minimum atomic E-state index is 0.601. The third kappa shape index (κ3) is 2.68. The second-order valence-corrected chi connectivity index (χ2v) is 6.41. The summed E-state index contributed by atoms with van der Waals surface area (Å²) in [6.45, 7) is 4.30. The van der Waals surface area contributed by atoms with Gasteiger partial charge in [0.2, 0.25) is 0 Å². The number of hydrogen-bond acceptors (Lipinski definition) is 2. The molecular weight excluding hydrogens is 312 g/mol. The maximum atomic E-state index is 5.76. The number of aryl methyl sites for hydroxylation is 1. The van der Waals surface area contributed by atoms with Gasteiger partial charge in [0, 0.05) is 29.2 Å². The molecule has 0 saturated carbocycles. The first-order valence-corrected chi connectivity index (χ1v) is 7.79. The quantitative estimate of drug-likeness (QED) is 0.830. The topological polar surface area (TPSA) is 29.3 Å². The summed E-state index contributed by atoms with van der Waals surface area (Å²) in [6, 6.07) is 14.9. The zero-order valence-electron chi connectivity index (χ0n) is 11.6. The van der Waals surface area contributed by atoms with E-state index in [1.54, 1.807) is 0 Å². The monoisotopic (exact) mass is 330 g/mol. The van der Waals surface area contributed by atoms with Crippen LogP contribution in [0.4, 0.5) is 11.4 Å². The van der Waals surface area contributed by atoms with Gasteiger partial charge in [-0.1, -0.05) is 18.2 Å². The van der Waals surface area contributed by atoms with Crippen LogP contribution in [-0.4, -0.2) is 13.1 Å². The van der Waals surface area contributed by atoms with Crippen molar-refractivity contribution in [2.24, 2.45) is 0 Å². The number of halogens is 1. The highest BCUT2D eigenvalue weighted by Gasteiger charge is 2.25. The molecule has 1 unspecified atom stereocenters. The molecule has 1 aliphatic rings. The highest BCUT2D eigenvalue weighted by Crippen LogP contribution is 2.35. The van der Waals surface area contributed by atoms with Crippen molar-refractivity contribution in [1.82, 2.24) is 0 Å². The molecule has 1 saturated heterocycles. The number of anilines is 2. The van der Waals surface area contributed by atoms with E-state index in [4.69, 9.17) is 5.73 Å². The van der Waals surface area contributed by atoms with Crippen LogP contribution in [-0.2, 0) is 0 Å². The fraction of sp³-hybridized carbons (Fsp3) is 0.294. The third-order valence-electron chi connectivity index (χ3n) is 4.04. The first kappa shape index (κ1) is 13.5. The van der Waals surface area contributed by atoms with E-state index in [2.05, 4.69) is 58.1 Å². The highest BCUT2D eigenvalue weighted by molar-refractivity contribution is 9.10. The molecule has 1 atom stereocenters. The molecule has 0 aromatic heterocycles. The van der Waals surface area contributed by atoms with Crippen LogP contribution in [0.3, 0.4) is 0 Å². The Kier molecular flexibility index (Phi) is 3.70. The SMILES string of the molecule is Cc1ccc(N2CCC(c3ccc(N)cc3)C2)c(Br)c1. The summed E-state index contributed by atoms with van der Waals surface area (Å²) in [5.74, 6) is 0.601. The predicted octanol–water partition coefficient (Wildman–Crippen LogP) is 4.33. The number of nitrogens with zero attached hydrogens (tertiary/aromatic N) is 1. The molecule has 3 rings (SSSR count). The third-order valence-corrected chi connectivity index (χ3v) is 4.68. The fourth-order valence-corrected chi connectivity index (χ4v) is 3.63. The lowest BCUT2D eigenvalue weighted by atomic mass is 9.98. The smallest absolute Gasteiger partial charge is 0.0511 e. The van der Waals surface area contributed by atoms with Crippen molar-refractivity contribution in [2.45, 2.75) is 19.3 Å². The Morgan fingerprint density at radius 3 is 2.60 bits per heavy atom. The van der Waals surface area contributed by atoms with Crippen LogP contribution in [0.15, 0.2) is 46.9 Å². The van der Waals surface area contributed by atoms with Gasteiger partial charge in [0.25, 0.3) is 0 Å². The van der Waals surface area contributed by atoms with Crippen LogP contribution in [0.1, 0.15) is 23.5 Å². The van der Waals surface area contributed by atoms with Gasteiger partial charge in [-0.2, -0.15) is 0 Å². The lowest BCUT2D eigenvalue weighted by Crippen LogP contribution is -2.19. The van der Waals surface area contributed by atoms with E-state index in [0.29, 0.717) is 5.92 Å². The fourth-order valence-electron chi connectivity index (χ4n) is 2.89. The Hall–Kier alpha value is -1.48. The van der Waals surface area contributed by atoms with Crippen LogP contribution < -0.4 is 10.6 Å². The van der Waals surface area contributed by atoms with Gasteiger partial charge in [-0.05, 0) is 64.7 Å². The molecule has 2 aromatic rings. The molecular formula is C17H19BrN2. The van der Waals surface area contributed by atoms with Crippen molar-refractivity contribution in [2.75, 3.05) is 23.7 Å². The summed E-state index contributed by atoms with van der Waals surface area (Å²) in [4.78, 5) is 2.46. The number of nitrogens with two attached hydrogens (primary N) is 1. The van der Waals surface area contributed by atoms with E-state index >= 15 is 0 Å². The number of hydrogen-bond donors (Lipinski definition) is 1. The summed E-state index contributed by atoms with van der Waals surface area (Å²) in [6.07, 6.45) is 1.20. The summed E-state index contributed by atoms with van der Waals surface area (Å²) in [7, 11) is 0.